The summed E-state index contributed by atoms with van der Waals surface area (Å²) in [7, 11) is 0. The molecule has 3 rings (SSSR count). The Balaban J connectivity index is 2.06. The van der Waals surface area contributed by atoms with E-state index in [1.165, 1.54) is 16.5 Å². The van der Waals surface area contributed by atoms with Crippen LogP contribution in [-0.4, -0.2) is 14.3 Å². The molecule has 3 aromatic rings. The molecule has 0 radical (unpaired) electrons. The summed E-state index contributed by atoms with van der Waals surface area (Å²) in [5, 5.41) is 6.67. The molecule has 0 aliphatic rings. The third-order valence-electron chi connectivity index (χ3n) is 3.94. The molecule has 2 aromatic heterocycles. The fourth-order valence-corrected chi connectivity index (χ4v) is 3.09. The van der Waals surface area contributed by atoms with Gasteiger partial charge in [0, 0.05) is 18.3 Å². The van der Waals surface area contributed by atoms with E-state index in [1.54, 1.807) is 0 Å². The number of halogens is 1. The van der Waals surface area contributed by atoms with Crippen molar-refractivity contribution in [3.05, 3.63) is 52.4 Å². The number of aromatic nitrogens is 3. The van der Waals surface area contributed by atoms with E-state index in [2.05, 4.69) is 60.9 Å². The monoisotopic (exact) mass is 301 g/mol. The average Bonchev–Trinajstić information content (AvgIpc) is 3.01. The molecule has 0 saturated carbocycles. The number of hydrogen-bond acceptors (Lipinski definition) is 1. The van der Waals surface area contributed by atoms with Crippen LogP contribution < -0.4 is 0 Å². The highest BCUT2D eigenvalue weighted by molar-refractivity contribution is 6.31. The Hall–Kier alpha value is -1.74. The van der Waals surface area contributed by atoms with Gasteiger partial charge in [0.1, 0.15) is 0 Å². The van der Waals surface area contributed by atoms with E-state index in [-0.39, 0.29) is 0 Å². The highest BCUT2D eigenvalue weighted by Crippen LogP contribution is 2.25. The third kappa shape index (κ3) is 2.46. The lowest BCUT2D eigenvalue weighted by molar-refractivity contribution is 0.599. The van der Waals surface area contributed by atoms with Gasteiger partial charge in [0.05, 0.1) is 23.0 Å². The largest absolute Gasteiger partial charge is 0.341 e. The van der Waals surface area contributed by atoms with Crippen LogP contribution in [0.1, 0.15) is 30.8 Å². The number of rotatable bonds is 4. The molecule has 21 heavy (non-hydrogen) atoms. The van der Waals surface area contributed by atoms with Gasteiger partial charge in [-0.05, 0) is 43.4 Å². The van der Waals surface area contributed by atoms with Gasteiger partial charge in [0.25, 0.3) is 0 Å². The fourth-order valence-electron chi connectivity index (χ4n) is 2.76. The molecular formula is C17H20ClN3. The molecule has 0 unspecified atom stereocenters. The van der Waals surface area contributed by atoms with Crippen molar-refractivity contribution >= 4 is 22.5 Å². The maximum Gasteiger partial charge on any atom is 0.0868 e. The van der Waals surface area contributed by atoms with Crippen LogP contribution in [0.2, 0.25) is 5.02 Å². The van der Waals surface area contributed by atoms with Crippen molar-refractivity contribution < 1.29 is 0 Å². The second-order valence-corrected chi connectivity index (χ2v) is 5.76. The van der Waals surface area contributed by atoms with Crippen LogP contribution in [0.15, 0.2) is 30.5 Å². The Bertz CT molecular complexity index is 783. The maximum atomic E-state index is 6.51. The van der Waals surface area contributed by atoms with Crippen LogP contribution in [0.5, 0.6) is 0 Å². The van der Waals surface area contributed by atoms with Crippen LogP contribution in [-0.2, 0) is 19.5 Å². The molecule has 1 aromatic carbocycles. The molecular weight excluding hydrogens is 282 g/mol. The van der Waals surface area contributed by atoms with E-state index in [1.807, 2.05) is 4.68 Å². The predicted octanol–water partition coefficient (Wildman–Crippen LogP) is 4.43. The van der Waals surface area contributed by atoms with Crippen molar-refractivity contribution in [2.24, 2.45) is 0 Å². The van der Waals surface area contributed by atoms with Crippen LogP contribution in [0.3, 0.4) is 0 Å². The standard InChI is InChI=1S/C17H20ClN3/c1-4-14-17(18)16(21(5-2)19-14)11-20-9-8-13-7-6-12(3)10-15(13)20/h6-10H,4-5,11H2,1-3H3. The number of benzene rings is 1. The zero-order valence-corrected chi connectivity index (χ0v) is 13.5. The minimum atomic E-state index is 0.757. The third-order valence-corrected chi connectivity index (χ3v) is 4.38. The Labute approximate surface area is 130 Å². The van der Waals surface area contributed by atoms with Gasteiger partial charge in [-0.25, -0.2) is 0 Å². The Morgan fingerprint density at radius 3 is 2.71 bits per heavy atom. The van der Waals surface area contributed by atoms with Gasteiger partial charge in [0.15, 0.2) is 0 Å². The molecule has 4 heteroatoms. The molecule has 0 aliphatic heterocycles. The van der Waals surface area contributed by atoms with Gasteiger partial charge in [-0.2, -0.15) is 5.10 Å². The summed E-state index contributed by atoms with van der Waals surface area (Å²) >= 11 is 6.51. The number of nitrogens with zero attached hydrogens (tertiary/aromatic N) is 3. The molecule has 0 amide bonds. The Kier molecular flexibility index (Phi) is 3.77. The van der Waals surface area contributed by atoms with E-state index in [9.17, 15) is 0 Å². The second kappa shape index (κ2) is 5.57. The molecule has 0 fully saturated rings. The first-order chi connectivity index (χ1) is 10.1. The zero-order valence-electron chi connectivity index (χ0n) is 12.7. The van der Waals surface area contributed by atoms with Crippen molar-refractivity contribution in [2.75, 3.05) is 0 Å². The first kappa shape index (κ1) is 14.2. The highest BCUT2D eigenvalue weighted by Gasteiger charge is 2.15. The molecule has 110 valence electrons. The second-order valence-electron chi connectivity index (χ2n) is 5.38. The summed E-state index contributed by atoms with van der Waals surface area (Å²) in [4.78, 5) is 0. The molecule has 0 aliphatic carbocycles. The lowest BCUT2D eigenvalue weighted by Crippen LogP contribution is -2.07. The predicted molar refractivity (Wildman–Crippen MR) is 88.1 cm³/mol. The van der Waals surface area contributed by atoms with Gasteiger partial charge in [0.2, 0.25) is 0 Å². The van der Waals surface area contributed by atoms with Gasteiger partial charge in [-0.3, -0.25) is 4.68 Å². The SMILES string of the molecule is CCc1nn(CC)c(Cn2ccc3ccc(C)cc32)c1Cl. The summed E-state index contributed by atoms with van der Waals surface area (Å²) < 4.78 is 4.26. The molecule has 0 bridgehead atoms. The smallest absolute Gasteiger partial charge is 0.0868 e. The quantitative estimate of drug-likeness (QED) is 0.699. The number of aryl methyl sites for hydroxylation is 3. The van der Waals surface area contributed by atoms with Gasteiger partial charge in [-0.1, -0.05) is 30.7 Å². The minimum absolute atomic E-state index is 0.757. The lowest BCUT2D eigenvalue weighted by atomic mass is 10.2. The molecule has 0 saturated heterocycles. The molecule has 0 spiro atoms. The van der Waals surface area contributed by atoms with Crippen LogP contribution in [0.4, 0.5) is 0 Å². The van der Waals surface area contributed by atoms with Crippen molar-refractivity contribution in [1.29, 1.82) is 0 Å². The summed E-state index contributed by atoms with van der Waals surface area (Å²) in [5.74, 6) is 0. The van der Waals surface area contributed by atoms with E-state index >= 15 is 0 Å². The van der Waals surface area contributed by atoms with Crippen molar-refractivity contribution in [3.63, 3.8) is 0 Å². The van der Waals surface area contributed by atoms with Crippen molar-refractivity contribution in [3.8, 4) is 0 Å². The zero-order chi connectivity index (χ0) is 15.0. The van der Waals surface area contributed by atoms with E-state index in [0.717, 1.165) is 35.9 Å². The fraction of sp³-hybridized carbons (Fsp3) is 0.353. The first-order valence-electron chi connectivity index (χ1n) is 7.43. The minimum Gasteiger partial charge on any atom is -0.341 e. The number of fused-ring (bicyclic) bond motifs is 1. The summed E-state index contributed by atoms with van der Waals surface area (Å²) in [6.45, 7) is 7.91. The normalized spacial score (nSPS) is 11.4. The first-order valence-corrected chi connectivity index (χ1v) is 7.81. The molecule has 3 nitrogen and oxygen atoms in total. The Morgan fingerprint density at radius 2 is 2.00 bits per heavy atom. The topological polar surface area (TPSA) is 22.8 Å². The molecule has 2 heterocycles. The van der Waals surface area contributed by atoms with Gasteiger partial charge >= 0.3 is 0 Å². The lowest BCUT2D eigenvalue weighted by Gasteiger charge is -2.09. The van der Waals surface area contributed by atoms with Gasteiger partial charge < -0.3 is 4.57 Å². The van der Waals surface area contributed by atoms with Crippen molar-refractivity contribution in [1.82, 2.24) is 14.3 Å². The molecule has 0 N–H and O–H groups in total. The summed E-state index contributed by atoms with van der Waals surface area (Å²) in [5.41, 5.74) is 4.59. The van der Waals surface area contributed by atoms with E-state index < -0.39 is 0 Å². The van der Waals surface area contributed by atoms with Crippen LogP contribution in [0.25, 0.3) is 10.9 Å². The number of hydrogen-bond donors (Lipinski definition) is 0. The van der Waals surface area contributed by atoms with Crippen LogP contribution in [0, 0.1) is 6.92 Å². The summed E-state index contributed by atoms with van der Waals surface area (Å²) in [6, 6.07) is 8.68. The maximum absolute atomic E-state index is 6.51. The molecule has 0 atom stereocenters. The van der Waals surface area contributed by atoms with E-state index in [0.29, 0.717) is 0 Å². The average molecular weight is 302 g/mol. The van der Waals surface area contributed by atoms with E-state index in [4.69, 9.17) is 11.6 Å². The van der Waals surface area contributed by atoms with Gasteiger partial charge in [-0.15, -0.1) is 0 Å². The Morgan fingerprint density at radius 1 is 1.19 bits per heavy atom. The highest BCUT2D eigenvalue weighted by atomic mass is 35.5. The van der Waals surface area contributed by atoms with Crippen molar-refractivity contribution in [2.45, 2.75) is 40.3 Å². The summed E-state index contributed by atoms with van der Waals surface area (Å²) in [6.07, 6.45) is 2.99. The van der Waals surface area contributed by atoms with Crippen LogP contribution >= 0.6 is 11.6 Å².